The number of anilines is 2. The number of benzene rings is 2. The molecule has 0 bridgehead atoms. The number of carbonyl (C=O) groups excluding carboxylic acids is 1. The number of amides is 1. The lowest BCUT2D eigenvalue weighted by molar-refractivity contribution is 0.102. The Morgan fingerprint density at radius 2 is 1.86 bits per heavy atom. The summed E-state index contributed by atoms with van der Waals surface area (Å²) in [6.45, 7) is 0.692. The first-order chi connectivity index (χ1) is 13.7. The lowest BCUT2D eigenvalue weighted by Crippen LogP contribution is -2.14. The molecular formula is C22H23N3O3. The average Bonchev–Trinajstić information content (AvgIpc) is 2.74. The SMILES string of the molecule is COc1cccc(CCNc2cc(C(=O)Nc3ccccc3OC)ccn2)c1. The van der Waals surface area contributed by atoms with Crippen molar-refractivity contribution < 1.29 is 14.3 Å². The molecule has 1 amide bonds. The van der Waals surface area contributed by atoms with Crippen LogP contribution in [0.4, 0.5) is 11.5 Å². The third-order valence-corrected chi connectivity index (χ3v) is 4.23. The van der Waals surface area contributed by atoms with E-state index in [0.717, 1.165) is 17.7 Å². The van der Waals surface area contributed by atoms with Crippen LogP contribution in [0.5, 0.6) is 11.5 Å². The molecule has 144 valence electrons. The Bertz CT molecular complexity index is 944. The van der Waals surface area contributed by atoms with Gasteiger partial charge in [0.15, 0.2) is 0 Å². The van der Waals surface area contributed by atoms with Crippen LogP contribution < -0.4 is 20.1 Å². The lowest BCUT2D eigenvalue weighted by Gasteiger charge is -2.11. The van der Waals surface area contributed by atoms with Crippen LogP contribution in [-0.4, -0.2) is 31.7 Å². The third kappa shape index (κ3) is 5.01. The van der Waals surface area contributed by atoms with Gasteiger partial charge in [-0.3, -0.25) is 4.79 Å². The van der Waals surface area contributed by atoms with Crippen molar-refractivity contribution in [2.75, 3.05) is 31.4 Å². The van der Waals surface area contributed by atoms with Gasteiger partial charge in [-0.15, -0.1) is 0 Å². The molecule has 3 aromatic rings. The van der Waals surface area contributed by atoms with Crippen LogP contribution >= 0.6 is 0 Å². The Morgan fingerprint density at radius 3 is 2.68 bits per heavy atom. The van der Waals surface area contributed by atoms with Gasteiger partial charge in [0.05, 0.1) is 19.9 Å². The molecule has 0 saturated heterocycles. The van der Waals surface area contributed by atoms with Crippen LogP contribution in [-0.2, 0) is 6.42 Å². The van der Waals surface area contributed by atoms with Crippen molar-refractivity contribution >= 4 is 17.4 Å². The zero-order valence-electron chi connectivity index (χ0n) is 15.9. The fourth-order valence-corrected chi connectivity index (χ4v) is 2.77. The number of hydrogen-bond acceptors (Lipinski definition) is 5. The van der Waals surface area contributed by atoms with Gasteiger partial charge >= 0.3 is 0 Å². The molecule has 2 N–H and O–H groups in total. The number of nitrogens with one attached hydrogen (secondary N) is 2. The molecule has 0 aliphatic heterocycles. The Kier molecular flexibility index (Phi) is 6.46. The first kappa shape index (κ1) is 19.2. The zero-order valence-corrected chi connectivity index (χ0v) is 15.9. The summed E-state index contributed by atoms with van der Waals surface area (Å²) in [5.74, 6) is 1.88. The lowest BCUT2D eigenvalue weighted by atomic mass is 10.1. The maximum absolute atomic E-state index is 12.6. The van der Waals surface area contributed by atoms with Gasteiger partial charge in [0.1, 0.15) is 17.3 Å². The zero-order chi connectivity index (χ0) is 19.8. The summed E-state index contributed by atoms with van der Waals surface area (Å²) in [7, 11) is 3.23. The van der Waals surface area contributed by atoms with Gasteiger partial charge in [0, 0.05) is 18.3 Å². The summed E-state index contributed by atoms with van der Waals surface area (Å²) in [5, 5.41) is 6.12. The first-order valence-corrected chi connectivity index (χ1v) is 8.97. The van der Waals surface area contributed by atoms with Crippen molar-refractivity contribution in [1.82, 2.24) is 4.98 Å². The van der Waals surface area contributed by atoms with E-state index in [2.05, 4.69) is 21.7 Å². The molecular weight excluding hydrogens is 354 g/mol. The second-order valence-corrected chi connectivity index (χ2v) is 6.11. The monoisotopic (exact) mass is 377 g/mol. The minimum atomic E-state index is -0.220. The van der Waals surface area contributed by atoms with E-state index >= 15 is 0 Å². The van der Waals surface area contributed by atoms with E-state index in [4.69, 9.17) is 9.47 Å². The Labute approximate surface area is 164 Å². The van der Waals surface area contributed by atoms with Gasteiger partial charge in [-0.2, -0.15) is 0 Å². The van der Waals surface area contributed by atoms with Crippen LogP contribution in [0.15, 0.2) is 66.9 Å². The largest absolute Gasteiger partial charge is 0.497 e. The fourth-order valence-electron chi connectivity index (χ4n) is 2.77. The number of aromatic nitrogens is 1. The van der Waals surface area contributed by atoms with Crippen LogP contribution in [0, 0.1) is 0 Å². The van der Waals surface area contributed by atoms with E-state index in [-0.39, 0.29) is 5.91 Å². The standard InChI is InChI=1S/C22H23N3O3/c1-27-18-7-5-6-16(14-18)10-12-23-21-15-17(11-13-24-21)22(26)25-19-8-3-4-9-20(19)28-2/h3-9,11,13-15H,10,12H2,1-2H3,(H,23,24)(H,25,26). The summed E-state index contributed by atoms with van der Waals surface area (Å²) in [4.78, 5) is 16.9. The molecule has 0 unspecified atom stereocenters. The minimum Gasteiger partial charge on any atom is -0.497 e. The molecule has 1 heterocycles. The number of carbonyl (C=O) groups is 1. The predicted octanol–water partition coefficient (Wildman–Crippen LogP) is 4.01. The van der Waals surface area contributed by atoms with Gasteiger partial charge < -0.3 is 20.1 Å². The molecule has 0 atom stereocenters. The highest BCUT2D eigenvalue weighted by atomic mass is 16.5. The molecule has 0 radical (unpaired) electrons. The molecule has 0 saturated carbocycles. The maximum Gasteiger partial charge on any atom is 0.255 e. The summed E-state index contributed by atoms with van der Waals surface area (Å²) < 4.78 is 10.5. The van der Waals surface area contributed by atoms with Crippen molar-refractivity contribution in [1.29, 1.82) is 0 Å². The van der Waals surface area contributed by atoms with Gasteiger partial charge in [-0.25, -0.2) is 4.98 Å². The molecule has 0 aliphatic rings. The van der Waals surface area contributed by atoms with Crippen molar-refractivity contribution in [3.05, 3.63) is 78.0 Å². The summed E-state index contributed by atoms with van der Waals surface area (Å²) in [6.07, 6.45) is 2.43. The van der Waals surface area contributed by atoms with Crippen LogP contribution in [0.3, 0.4) is 0 Å². The number of rotatable bonds is 8. The van der Waals surface area contributed by atoms with Gasteiger partial charge in [-0.05, 0) is 48.4 Å². The predicted molar refractivity (Wildman–Crippen MR) is 110 cm³/mol. The maximum atomic E-state index is 12.6. The Balaban J connectivity index is 1.61. The minimum absolute atomic E-state index is 0.220. The molecule has 0 spiro atoms. The van der Waals surface area contributed by atoms with Crippen LogP contribution in [0.2, 0.25) is 0 Å². The molecule has 2 aromatic carbocycles. The molecule has 0 aliphatic carbocycles. The molecule has 0 fully saturated rings. The normalized spacial score (nSPS) is 10.2. The number of nitrogens with zero attached hydrogens (tertiary/aromatic N) is 1. The first-order valence-electron chi connectivity index (χ1n) is 8.97. The quantitative estimate of drug-likeness (QED) is 0.621. The highest BCUT2D eigenvalue weighted by Gasteiger charge is 2.10. The van der Waals surface area contributed by atoms with Gasteiger partial charge in [0.25, 0.3) is 5.91 Å². The van der Waals surface area contributed by atoms with E-state index < -0.39 is 0 Å². The Morgan fingerprint density at radius 1 is 1.00 bits per heavy atom. The molecule has 6 nitrogen and oxygen atoms in total. The van der Waals surface area contributed by atoms with E-state index in [9.17, 15) is 4.79 Å². The number of para-hydroxylation sites is 2. The average molecular weight is 377 g/mol. The summed E-state index contributed by atoms with van der Waals surface area (Å²) >= 11 is 0. The van der Waals surface area contributed by atoms with Crippen molar-refractivity contribution in [3.63, 3.8) is 0 Å². The Hall–Kier alpha value is -3.54. The van der Waals surface area contributed by atoms with Crippen molar-refractivity contribution in [2.24, 2.45) is 0 Å². The van der Waals surface area contributed by atoms with E-state index in [1.165, 1.54) is 0 Å². The van der Waals surface area contributed by atoms with E-state index in [1.54, 1.807) is 44.7 Å². The van der Waals surface area contributed by atoms with E-state index in [0.29, 0.717) is 29.4 Å². The summed E-state index contributed by atoms with van der Waals surface area (Å²) in [5.41, 5.74) is 2.31. The van der Waals surface area contributed by atoms with Gasteiger partial charge in [-0.1, -0.05) is 24.3 Å². The third-order valence-electron chi connectivity index (χ3n) is 4.23. The molecule has 6 heteroatoms. The molecule has 28 heavy (non-hydrogen) atoms. The highest BCUT2D eigenvalue weighted by Crippen LogP contribution is 2.23. The molecule has 1 aromatic heterocycles. The van der Waals surface area contributed by atoms with E-state index in [1.807, 2.05) is 30.3 Å². The van der Waals surface area contributed by atoms with Crippen LogP contribution in [0.1, 0.15) is 15.9 Å². The highest BCUT2D eigenvalue weighted by molar-refractivity contribution is 6.05. The van der Waals surface area contributed by atoms with Crippen LogP contribution in [0.25, 0.3) is 0 Å². The van der Waals surface area contributed by atoms with Gasteiger partial charge in [0.2, 0.25) is 0 Å². The second-order valence-electron chi connectivity index (χ2n) is 6.11. The second kappa shape index (κ2) is 9.41. The number of methoxy groups -OCH3 is 2. The van der Waals surface area contributed by atoms with Crippen molar-refractivity contribution in [3.8, 4) is 11.5 Å². The number of ether oxygens (including phenoxy) is 2. The topological polar surface area (TPSA) is 72.5 Å². The smallest absolute Gasteiger partial charge is 0.255 e. The fraction of sp³-hybridized carbons (Fsp3) is 0.182. The number of pyridine rings is 1. The molecule has 3 rings (SSSR count). The summed E-state index contributed by atoms with van der Waals surface area (Å²) in [6, 6.07) is 18.6. The van der Waals surface area contributed by atoms with Crippen molar-refractivity contribution in [2.45, 2.75) is 6.42 Å². The number of hydrogen-bond donors (Lipinski definition) is 2.